The number of amides is 2. The fraction of sp³-hybridized carbons (Fsp3) is 0.214. The molecule has 0 spiro atoms. The van der Waals surface area contributed by atoms with Gasteiger partial charge in [-0.25, -0.2) is 4.90 Å². The van der Waals surface area contributed by atoms with Gasteiger partial charge in [-0.3, -0.25) is 9.59 Å². The van der Waals surface area contributed by atoms with E-state index < -0.39 is 11.8 Å². The molecule has 1 aromatic rings. The van der Waals surface area contributed by atoms with Gasteiger partial charge >= 0.3 is 11.6 Å². The number of anilines is 1. The number of allylic oxidation sites excluding steroid dienone is 1. The van der Waals surface area contributed by atoms with E-state index in [9.17, 15) is 9.59 Å². The third kappa shape index (κ3) is 2.00. The first-order valence-corrected chi connectivity index (χ1v) is 5.82. The summed E-state index contributed by atoms with van der Waals surface area (Å²) in [6.07, 6.45) is 0. The maximum absolute atomic E-state index is 12.3. The maximum Gasteiger partial charge on any atom is 0.392 e. The number of carbonyl (C=O) groups is 2. The van der Waals surface area contributed by atoms with Crippen molar-refractivity contribution in [3.8, 4) is 0 Å². The van der Waals surface area contributed by atoms with Gasteiger partial charge in [0, 0.05) is 0 Å². The second kappa shape index (κ2) is 4.63. The molecule has 1 fully saturated rings. The smallest absolute Gasteiger partial charge is 0.361 e. The number of benzene rings is 1. The van der Waals surface area contributed by atoms with Gasteiger partial charge in [0.05, 0.1) is 5.69 Å². The lowest BCUT2D eigenvalue weighted by atomic mass is 10.1. The molecule has 2 amide bonds. The predicted molar refractivity (Wildman–Crippen MR) is 70.7 cm³/mol. The largest absolute Gasteiger partial charge is 0.392 e. The zero-order valence-corrected chi connectivity index (χ0v) is 11.0. The Morgan fingerprint density at radius 1 is 1.11 bits per heavy atom. The van der Waals surface area contributed by atoms with Crippen molar-refractivity contribution < 1.29 is 14.4 Å². The highest BCUT2D eigenvalue weighted by molar-refractivity contribution is 6.64. The van der Waals surface area contributed by atoms with E-state index in [-0.39, 0.29) is 11.3 Å². The second-order valence-corrected chi connectivity index (χ2v) is 4.60. The molecule has 2 rings (SSSR count). The SMILES string of the molecule is CC(C)=C1C(=O)N(c2ccc(C)cc2)C(=O)C1=[N+]=[N-]. The zero-order valence-electron chi connectivity index (χ0n) is 11.0. The average molecular weight is 255 g/mol. The van der Waals surface area contributed by atoms with Crippen molar-refractivity contribution in [2.45, 2.75) is 20.8 Å². The Bertz CT molecular complexity index is 646. The maximum atomic E-state index is 12.3. The number of rotatable bonds is 1. The second-order valence-electron chi connectivity index (χ2n) is 4.60. The summed E-state index contributed by atoms with van der Waals surface area (Å²) in [6, 6.07) is 7.00. The minimum absolute atomic E-state index is 0.160. The normalized spacial score (nSPS) is 15.0. The summed E-state index contributed by atoms with van der Waals surface area (Å²) in [6.45, 7) is 5.31. The van der Waals surface area contributed by atoms with E-state index in [0.717, 1.165) is 10.5 Å². The fourth-order valence-electron chi connectivity index (χ4n) is 1.99. The van der Waals surface area contributed by atoms with Gasteiger partial charge in [0.2, 0.25) is 0 Å². The third-order valence-electron chi connectivity index (χ3n) is 2.95. The lowest BCUT2D eigenvalue weighted by Crippen LogP contribution is -2.30. The van der Waals surface area contributed by atoms with Crippen LogP contribution in [0.25, 0.3) is 5.53 Å². The Hall–Kier alpha value is -2.52. The molecule has 0 unspecified atom stereocenters. The standard InChI is InChI=1S/C14H13N3O2/c1-8(2)11-12(16-15)14(19)17(13(11)18)10-6-4-9(3)5-7-10/h4-7H,1-3H3. The van der Waals surface area contributed by atoms with Gasteiger partial charge in [0.25, 0.3) is 5.91 Å². The fourth-order valence-corrected chi connectivity index (χ4v) is 1.99. The van der Waals surface area contributed by atoms with E-state index in [2.05, 4.69) is 4.79 Å². The number of hydrogen-bond donors (Lipinski definition) is 0. The molecule has 0 atom stereocenters. The molecular formula is C14H13N3O2. The molecular weight excluding hydrogens is 242 g/mol. The van der Waals surface area contributed by atoms with Crippen molar-refractivity contribution in [3.63, 3.8) is 0 Å². The van der Waals surface area contributed by atoms with Crippen LogP contribution in [-0.4, -0.2) is 22.3 Å². The quantitative estimate of drug-likeness (QED) is 0.332. The van der Waals surface area contributed by atoms with Crippen LogP contribution in [0.2, 0.25) is 0 Å². The first-order chi connectivity index (χ1) is 8.97. The minimum atomic E-state index is -0.604. The summed E-state index contributed by atoms with van der Waals surface area (Å²) in [5, 5.41) is 0. The van der Waals surface area contributed by atoms with Gasteiger partial charge in [0.1, 0.15) is 5.57 Å². The molecule has 1 aliphatic rings. The topological polar surface area (TPSA) is 73.8 Å². The molecule has 0 radical (unpaired) electrons. The monoisotopic (exact) mass is 255 g/mol. The van der Waals surface area contributed by atoms with E-state index in [1.54, 1.807) is 26.0 Å². The van der Waals surface area contributed by atoms with E-state index in [1.807, 2.05) is 19.1 Å². The molecule has 0 aliphatic carbocycles. The summed E-state index contributed by atoms with van der Waals surface area (Å²) >= 11 is 0. The Balaban J connectivity index is 2.58. The molecule has 19 heavy (non-hydrogen) atoms. The van der Waals surface area contributed by atoms with Crippen LogP contribution in [0.1, 0.15) is 19.4 Å². The molecule has 1 heterocycles. The van der Waals surface area contributed by atoms with Crippen molar-refractivity contribution in [1.29, 1.82) is 0 Å². The van der Waals surface area contributed by atoms with Crippen LogP contribution in [-0.2, 0) is 9.59 Å². The van der Waals surface area contributed by atoms with E-state index >= 15 is 0 Å². The molecule has 0 bridgehead atoms. The van der Waals surface area contributed by atoms with E-state index in [1.165, 1.54) is 0 Å². The van der Waals surface area contributed by atoms with Gasteiger partial charge in [0.15, 0.2) is 0 Å². The van der Waals surface area contributed by atoms with Gasteiger partial charge in [-0.05, 0) is 32.9 Å². The van der Waals surface area contributed by atoms with E-state index in [4.69, 9.17) is 5.53 Å². The molecule has 0 saturated carbocycles. The number of imide groups is 1. The minimum Gasteiger partial charge on any atom is -0.361 e. The van der Waals surface area contributed by atoms with Crippen molar-refractivity contribution in [1.82, 2.24) is 0 Å². The number of nitrogens with zero attached hydrogens (tertiary/aromatic N) is 3. The highest BCUT2D eigenvalue weighted by Crippen LogP contribution is 2.25. The third-order valence-corrected chi connectivity index (χ3v) is 2.95. The highest BCUT2D eigenvalue weighted by Gasteiger charge is 2.48. The van der Waals surface area contributed by atoms with Crippen LogP contribution in [0.5, 0.6) is 0 Å². The molecule has 1 aromatic carbocycles. The summed E-state index contributed by atoms with van der Waals surface area (Å²) in [5.74, 6) is -1.06. The van der Waals surface area contributed by atoms with Crippen molar-refractivity contribution in [3.05, 3.63) is 46.5 Å². The first-order valence-electron chi connectivity index (χ1n) is 5.82. The Labute approximate surface area is 110 Å². The number of carbonyl (C=O) groups excluding carboxylic acids is 2. The summed E-state index contributed by atoms with van der Waals surface area (Å²) in [5.41, 5.74) is 11.0. The Kier molecular flexibility index (Phi) is 3.15. The van der Waals surface area contributed by atoms with Gasteiger partial charge in [-0.2, -0.15) is 4.79 Å². The van der Waals surface area contributed by atoms with Crippen molar-refractivity contribution in [2.75, 3.05) is 4.90 Å². The highest BCUT2D eigenvalue weighted by atomic mass is 16.2. The van der Waals surface area contributed by atoms with Crippen molar-refractivity contribution >= 4 is 23.2 Å². The van der Waals surface area contributed by atoms with Crippen LogP contribution in [0.3, 0.4) is 0 Å². The molecule has 96 valence electrons. The van der Waals surface area contributed by atoms with Crippen molar-refractivity contribution in [2.24, 2.45) is 0 Å². The molecule has 5 heteroatoms. The molecule has 5 nitrogen and oxygen atoms in total. The molecule has 0 N–H and O–H groups in total. The predicted octanol–water partition coefficient (Wildman–Crippen LogP) is 1.88. The van der Waals surface area contributed by atoms with E-state index in [0.29, 0.717) is 11.3 Å². The van der Waals surface area contributed by atoms with Crippen LogP contribution in [0, 0.1) is 6.92 Å². The van der Waals surface area contributed by atoms with Gasteiger partial charge in [-0.1, -0.05) is 23.3 Å². The van der Waals surface area contributed by atoms with Crippen LogP contribution in [0.4, 0.5) is 5.69 Å². The lowest BCUT2D eigenvalue weighted by molar-refractivity contribution is -0.120. The molecule has 0 aromatic heterocycles. The summed E-state index contributed by atoms with van der Waals surface area (Å²) < 4.78 is 0. The summed E-state index contributed by atoms with van der Waals surface area (Å²) in [7, 11) is 0. The van der Waals surface area contributed by atoms with Crippen LogP contribution in [0.15, 0.2) is 35.4 Å². The number of hydrogen-bond acceptors (Lipinski definition) is 2. The van der Waals surface area contributed by atoms with Crippen LogP contribution >= 0.6 is 0 Å². The first kappa shape index (κ1) is 12.9. The molecule has 1 saturated heterocycles. The average Bonchev–Trinajstić information content (AvgIpc) is 2.62. The number of aryl methyl sites for hydroxylation is 1. The Morgan fingerprint density at radius 2 is 1.68 bits per heavy atom. The van der Waals surface area contributed by atoms with Crippen LogP contribution < -0.4 is 4.90 Å². The Morgan fingerprint density at radius 3 is 2.11 bits per heavy atom. The van der Waals surface area contributed by atoms with Gasteiger partial charge < -0.3 is 5.53 Å². The lowest BCUT2D eigenvalue weighted by Gasteiger charge is -2.11. The van der Waals surface area contributed by atoms with Gasteiger partial charge in [-0.15, -0.1) is 0 Å². The summed E-state index contributed by atoms with van der Waals surface area (Å²) in [4.78, 5) is 28.4. The zero-order chi connectivity index (χ0) is 14.2. The molecule has 1 aliphatic heterocycles.